The van der Waals surface area contributed by atoms with Crippen molar-refractivity contribution in [2.24, 2.45) is 10.4 Å². The fraction of sp³-hybridized carbons (Fsp3) is 0.579. The Hall–Kier alpha value is -2.11. The van der Waals surface area contributed by atoms with E-state index in [4.69, 9.17) is 0 Å². The van der Waals surface area contributed by atoms with Crippen molar-refractivity contribution < 1.29 is 9.18 Å². The summed E-state index contributed by atoms with van der Waals surface area (Å²) in [7, 11) is 0. The number of guanidine groups is 1. The normalized spacial score (nSPS) is 18.5. The van der Waals surface area contributed by atoms with Crippen molar-refractivity contribution >= 4 is 11.9 Å². The quantitative estimate of drug-likeness (QED) is 0.489. The van der Waals surface area contributed by atoms with Gasteiger partial charge in [0, 0.05) is 30.6 Å². The molecule has 0 atom stereocenters. The number of likely N-dealkylation sites (tertiary alicyclic amines) is 1. The van der Waals surface area contributed by atoms with E-state index in [1.165, 1.54) is 12.1 Å². The molecule has 1 aliphatic rings. The third-order valence-electron chi connectivity index (χ3n) is 5.25. The third kappa shape index (κ3) is 3.94. The van der Waals surface area contributed by atoms with Gasteiger partial charge in [0.1, 0.15) is 5.82 Å². The number of hydrogen-bond acceptors (Lipinski definition) is 2. The van der Waals surface area contributed by atoms with Crippen LogP contribution in [-0.2, 0) is 0 Å². The molecule has 1 amide bonds. The second-order valence-electron chi connectivity index (χ2n) is 7.50. The highest BCUT2D eigenvalue weighted by Gasteiger charge is 2.53. The molecular formula is C19H29FN4O. The molecule has 0 unspecified atom stereocenters. The summed E-state index contributed by atoms with van der Waals surface area (Å²) in [5.41, 5.74) is 0.302. The summed E-state index contributed by atoms with van der Waals surface area (Å²) in [6.45, 7) is 13.5. The van der Waals surface area contributed by atoms with Crippen LogP contribution in [0.25, 0.3) is 0 Å². The highest BCUT2D eigenvalue weighted by molar-refractivity contribution is 5.94. The van der Waals surface area contributed by atoms with Gasteiger partial charge in [0.2, 0.25) is 0 Å². The number of rotatable bonds is 5. The van der Waals surface area contributed by atoms with Gasteiger partial charge in [0.25, 0.3) is 5.91 Å². The molecule has 1 fully saturated rings. The Labute approximate surface area is 149 Å². The third-order valence-corrected chi connectivity index (χ3v) is 5.25. The second-order valence-corrected chi connectivity index (χ2v) is 7.50. The number of hydrogen-bond donors (Lipinski definition) is 2. The van der Waals surface area contributed by atoms with Crippen molar-refractivity contribution in [2.45, 2.75) is 40.2 Å². The fourth-order valence-electron chi connectivity index (χ4n) is 2.87. The van der Waals surface area contributed by atoms with Crippen LogP contribution < -0.4 is 10.6 Å². The molecule has 0 aliphatic carbocycles. The molecule has 0 aromatic heterocycles. The number of amides is 1. The number of benzene rings is 1. The number of carbonyl (C=O) groups is 1. The van der Waals surface area contributed by atoms with E-state index in [-0.39, 0.29) is 16.5 Å². The van der Waals surface area contributed by atoms with E-state index in [9.17, 15) is 9.18 Å². The molecule has 1 aliphatic heterocycles. The molecule has 1 saturated heterocycles. The Balaban J connectivity index is 1.93. The molecule has 6 heteroatoms. The van der Waals surface area contributed by atoms with Gasteiger partial charge in [-0.15, -0.1) is 0 Å². The zero-order valence-electron chi connectivity index (χ0n) is 15.8. The summed E-state index contributed by atoms with van der Waals surface area (Å²) in [6, 6.07) is 5.97. The smallest absolute Gasteiger partial charge is 0.254 e. The van der Waals surface area contributed by atoms with E-state index >= 15 is 0 Å². The van der Waals surface area contributed by atoms with Crippen LogP contribution in [0.1, 0.15) is 45.0 Å². The van der Waals surface area contributed by atoms with E-state index in [1.54, 1.807) is 12.1 Å². The van der Waals surface area contributed by atoms with Gasteiger partial charge in [-0.2, -0.15) is 0 Å². The fourth-order valence-corrected chi connectivity index (χ4v) is 2.87. The van der Waals surface area contributed by atoms with Gasteiger partial charge in [-0.1, -0.05) is 26.0 Å². The van der Waals surface area contributed by atoms with Crippen LogP contribution in [0.15, 0.2) is 29.3 Å². The van der Waals surface area contributed by atoms with Crippen molar-refractivity contribution in [2.75, 3.05) is 26.2 Å². The minimum absolute atomic E-state index is 0.0183. The molecular weight excluding hydrogens is 319 g/mol. The number of nitrogens with one attached hydrogen (secondary N) is 2. The standard InChI is InChI=1S/C19H29FN4O/c1-6-21-17(24-13-18(2,3)19(24,4)5)23-12-11-22-16(25)14-9-7-8-10-15(14)20/h7-10H,6,11-13H2,1-5H3,(H,21,23)(H,22,25). The lowest BCUT2D eigenvalue weighted by Crippen LogP contribution is -2.72. The lowest BCUT2D eigenvalue weighted by molar-refractivity contribution is -0.0667. The van der Waals surface area contributed by atoms with Gasteiger partial charge in [-0.05, 0) is 32.9 Å². The largest absolute Gasteiger partial charge is 0.356 e. The molecule has 2 N–H and O–H groups in total. The molecule has 0 radical (unpaired) electrons. The van der Waals surface area contributed by atoms with Crippen molar-refractivity contribution in [1.29, 1.82) is 0 Å². The van der Waals surface area contributed by atoms with E-state index in [2.05, 4.69) is 48.2 Å². The lowest BCUT2D eigenvalue weighted by Gasteiger charge is -2.62. The van der Waals surface area contributed by atoms with Crippen LogP contribution in [0, 0.1) is 11.2 Å². The Morgan fingerprint density at radius 1 is 1.24 bits per heavy atom. The monoisotopic (exact) mass is 348 g/mol. The molecule has 1 heterocycles. The molecule has 0 saturated carbocycles. The van der Waals surface area contributed by atoms with E-state index in [0.29, 0.717) is 13.1 Å². The minimum atomic E-state index is -0.513. The Kier molecular flexibility index (Phi) is 5.70. The van der Waals surface area contributed by atoms with Crippen LogP contribution in [0.3, 0.4) is 0 Å². The maximum Gasteiger partial charge on any atom is 0.254 e. The number of aliphatic imine (C=N–C) groups is 1. The summed E-state index contributed by atoms with van der Waals surface area (Å²) in [5, 5.41) is 6.03. The van der Waals surface area contributed by atoms with Gasteiger partial charge < -0.3 is 15.5 Å². The van der Waals surface area contributed by atoms with Crippen LogP contribution >= 0.6 is 0 Å². The van der Waals surface area contributed by atoms with Gasteiger partial charge in [-0.3, -0.25) is 9.79 Å². The summed E-state index contributed by atoms with van der Waals surface area (Å²) in [6.07, 6.45) is 0. The molecule has 25 heavy (non-hydrogen) atoms. The summed E-state index contributed by atoms with van der Waals surface area (Å²) >= 11 is 0. The average Bonchev–Trinajstić information content (AvgIpc) is 2.56. The lowest BCUT2D eigenvalue weighted by atomic mass is 9.65. The Morgan fingerprint density at radius 3 is 2.48 bits per heavy atom. The highest BCUT2D eigenvalue weighted by Crippen LogP contribution is 2.46. The summed E-state index contributed by atoms with van der Waals surface area (Å²) in [4.78, 5) is 18.9. The molecule has 0 spiro atoms. The van der Waals surface area contributed by atoms with Gasteiger partial charge in [0.05, 0.1) is 12.1 Å². The van der Waals surface area contributed by atoms with E-state index < -0.39 is 11.7 Å². The summed E-state index contributed by atoms with van der Waals surface area (Å²) in [5.74, 6) is -0.0721. The van der Waals surface area contributed by atoms with Gasteiger partial charge in [-0.25, -0.2) is 4.39 Å². The maximum absolute atomic E-state index is 13.6. The number of halogens is 1. The molecule has 1 aromatic rings. The first kappa shape index (κ1) is 19.2. The zero-order chi connectivity index (χ0) is 18.7. The first-order chi connectivity index (χ1) is 11.7. The van der Waals surface area contributed by atoms with Crippen molar-refractivity contribution in [1.82, 2.24) is 15.5 Å². The van der Waals surface area contributed by atoms with Crippen molar-refractivity contribution in [3.63, 3.8) is 0 Å². The first-order valence-corrected chi connectivity index (χ1v) is 8.79. The molecule has 1 aromatic carbocycles. The Morgan fingerprint density at radius 2 is 1.92 bits per heavy atom. The predicted molar refractivity (Wildman–Crippen MR) is 99.3 cm³/mol. The number of nitrogens with zero attached hydrogens (tertiary/aromatic N) is 2. The van der Waals surface area contributed by atoms with E-state index in [0.717, 1.165) is 19.0 Å². The second kappa shape index (κ2) is 7.42. The Bertz CT molecular complexity index is 655. The summed E-state index contributed by atoms with van der Waals surface area (Å²) < 4.78 is 13.6. The SMILES string of the molecule is CCNC(=NCCNC(=O)c1ccccc1F)N1CC(C)(C)C1(C)C. The van der Waals surface area contributed by atoms with Gasteiger partial charge >= 0.3 is 0 Å². The molecule has 0 bridgehead atoms. The molecule has 5 nitrogen and oxygen atoms in total. The highest BCUT2D eigenvalue weighted by atomic mass is 19.1. The maximum atomic E-state index is 13.6. The first-order valence-electron chi connectivity index (χ1n) is 8.79. The van der Waals surface area contributed by atoms with E-state index in [1.807, 2.05) is 6.92 Å². The van der Waals surface area contributed by atoms with Gasteiger partial charge in [0.15, 0.2) is 5.96 Å². The minimum Gasteiger partial charge on any atom is -0.356 e. The van der Waals surface area contributed by atoms with Crippen LogP contribution in [0.5, 0.6) is 0 Å². The predicted octanol–water partition coefficient (Wildman–Crippen LogP) is 2.64. The molecule has 138 valence electrons. The van der Waals surface area contributed by atoms with Crippen LogP contribution in [0.4, 0.5) is 4.39 Å². The van der Waals surface area contributed by atoms with Crippen LogP contribution in [-0.4, -0.2) is 48.5 Å². The van der Waals surface area contributed by atoms with Crippen molar-refractivity contribution in [3.8, 4) is 0 Å². The van der Waals surface area contributed by atoms with Crippen molar-refractivity contribution in [3.05, 3.63) is 35.6 Å². The zero-order valence-corrected chi connectivity index (χ0v) is 15.8. The van der Waals surface area contributed by atoms with Crippen LogP contribution in [0.2, 0.25) is 0 Å². The number of carbonyl (C=O) groups excluding carboxylic acids is 1. The average molecular weight is 348 g/mol. The molecule has 2 rings (SSSR count). The topological polar surface area (TPSA) is 56.7 Å².